The molecular formula is C22H18O. The molecule has 2 aromatic carbocycles. The quantitative estimate of drug-likeness (QED) is 0.551. The summed E-state index contributed by atoms with van der Waals surface area (Å²) in [4.78, 5) is 0. The van der Waals surface area contributed by atoms with Crippen LogP contribution < -0.4 is 0 Å². The van der Waals surface area contributed by atoms with Gasteiger partial charge in [-0.05, 0) is 47.5 Å². The van der Waals surface area contributed by atoms with Crippen LogP contribution in [0.2, 0.25) is 0 Å². The molecule has 1 heteroatoms. The van der Waals surface area contributed by atoms with Gasteiger partial charge in [0.05, 0.1) is 0 Å². The number of hydrogen-bond acceptors (Lipinski definition) is 1. The molecule has 0 aliphatic heterocycles. The molecule has 0 amide bonds. The van der Waals surface area contributed by atoms with Gasteiger partial charge in [0.15, 0.2) is 0 Å². The zero-order chi connectivity index (χ0) is 15.6. The van der Waals surface area contributed by atoms with E-state index in [1.807, 2.05) is 13.0 Å². The summed E-state index contributed by atoms with van der Waals surface area (Å²) in [5, 5.41) is 2.49. The molecule has 0 saturated carbocycles. The lowest BCUT2D eigenvalue weighted by molar-refractivity contribution is 0.548. The minimum absolute atomic E-state index is 0.245. The van der Waals surface area contributed by atoms with Crippen LogP contribution in [-0.2, 0) is 0 Å². The van der Waals surface area contributed by atoms with Crippen molar-refractivity contribution in [1.82, 2.24) is 0 Å². The smallest absolute Gasteiger partial charge is 0.134 e. The molecule has 1 heterocycles. The van der Waals surface area contributed by atoms with Gasteiger partial charge >= 0.3 is 0 Å². The van der Waals surface area contributed by atoms with Crippen molar-refractivity contribution in [2.24, 2.45) is 0 Å². The number of aryl methyl sites for hydroxylation is 1. The fraction of sp³-hybridized carbons (Fsp3) is 0.0909. The first-order valence-electron chi connectivity index (χ1n) is 7.92. The lowest BCUT2D eigenvalue weighted by Gasteiger charge is -2.15. The van der Waals surface area contributed by atoms with Gasteiger partial charge in [-0.15, -0.1) is 0 Å². The van der Waals surface area contributed by atoms with Crippen molar-refractivity contribution in [3.8, 4) is 11.3 Å². The summed E-state index contributed by atoms with van der Waals surface area (Å²) >= 11 is 0. The molecule has 1 aliphatic carbocycles. The Morgan fingerprint density at radius 2 is 1.48 bits per heavy atom. The fourth-order valence-corrected chi connectivity index (χ4v) is 3.09. The number of rotatable bonds is 2. The zero-order valence-electron chi connectivity index (χ0n) is 13.1. The van der Waals surface area contributed by atoms with Crippen LogP contribution in [0.5, 0.6) is 0 Å². The molecule has 1 aromatic heterocycles. The summed E-state index contributed by atoms with van der Waals surface area (Å²) in [5.74, 6) is 2.12. The number of allylic oxidation sites excluding steroid dienone is 6. The van der Waals surface area contributed by atoms with E-state index in [2.05, 4.69) is 78.9 Å². The van der Waals surface area contributed by atoms with Gasteiger partial charge in [0.2, 0.25) is 0 Å². The third kappa shape index (κ3) is 2.66. The Morgan fingerprint density at radius 3 is 2.13 bits per heavy atom. The van der Waals surface area contributed by atoms with Crippen molar-refractivity contribution in [3.05, 3.63) is 96.3 Å². The van der Waals surface area contributed by atoms with Crippen molar-refractivity contribution in [2.75, 3.05) is 0 Å². The molecule has 1 nitrogen and oxygen atoms in total. The van der Waals surface area contributed by atoms with Crippen LogP contribution in [0.4, 0.5) is 0 Å². The second-order valence-corrected chi connectivity index (χ2v) is 5.88. The predicted molar refractivity (Wildman–Crippen MR) is 96.5 cm³/mol. The summed E-state index contributed by atoms with van der Waals surface area (Å²) in [6, 6.07) is 17.1. The summed E-state index contributed by atoms with van der Waals surface area (Å²) in [6.45, 7) is 1.99. The highest BCUT2D eigenvalue weighted by Crippen LogP contribution is 2.36. The second-order valence-electron chi connectivity index (χ2n) is 5.88. The summed E-state index contributed by atoms with van der Waals surface area (Å²) in [5.41, 5.74) is 2.44. The Kier molecular flexibility index (Phi) is 3.47. The van der Waals surface area contributed by atoms with Crippen LogP contribution >= 0.6 is 0 Å². The highest BCUT2D eigenvalue weighted by atomic mass is 16.3. The molecule has 0 saturated heterocycles. The van der Waals surface area contributed by atoms with E-state index in [0.29, 0.717) is 0 Å². The van der Waals surface area contributed by atoms with Gasteiger partial charge in [-0.3, -0.25) is 0 Å². The highest BCUT2D eigenvalue weighted by molar-refractivity contribution is 5.89. The normalized spacial score (nSPS) is 14.5. The second kappa shape index (κ2) is 5.77. The van der Waals surface area contributed by atoms with Crippen LogP contribution in [0, 0.1) is 6.92 Å². The van der Waals surface area contributed by atoms with Crippen molar-refractivity contribution >= 4 is 10.8 Å². The van der Waals surface area contributed by atoms with Crippen molar-refractivity contribution < 1.29 is 4.42 Å². The van der Waals surface area contributed by atoms with Gasteiger partial charge in [-0.2, -0.15) is 0 Å². The molecule has 0 fully saturated rings. The maximum atomic E-state index is 5.92. The Balaban J connectivity index is 1.96. The lowest BCUT2D eigenvalue weighted by atomic mass is 9.90. The van der Waals surface area contributed by atoms with E-state index in [1.165, 1.54) is 16.3 Å². The minimum Gasteiger partial charge on any atom is -0.461 e. The molecule has 0 atom stereocenters. The van der Waals surface area contributed by atoms with E-state index < -0.39 is 0 Å². The summed E-state index contributed by atoms with van der Waals surface area (Å²) < 4.78 is 5.92. The van der Waals surface area contributed by atoms with Gasteiger partial charge < -0.3 is 4.42 Å². The molecule has 4 rings (SSSR count). The van der Waals surface area contributed by atoms with Crippen LogP contribution in [0.1, 0.15) is 17.2 Å². The van der Waals surface area contributed by atoms with Gasteiger partial charge in [0.1, 0.15) is 11.5 Å². The highest BCUT2D eigenvalue weighted by Gasteiger charge is 2.15. The first kappa shape index (κ1) is 13.8. The van der Waals surface area contributed by atoms with Gasteiger partial charge in [-0.25, -0.2) is 0 Å². The average Bonchev–Trinajstić information content (AvgIpc) is 2.84. The number of hydrogen-bond donors (Lipinski definition) is 0. The Morgan fingerprint density at radius 1 is 0.783 bits per heavy atom. The molecule has 112 valence electrons. The first-order chi connectivity index (χ1) is 11.3. The van der Waals surface area contributed by atoms with Crippen molar-refractivity contribution in [2.45, 2.75) is 12.8 Å². The summed E-state index contributed by atoms with van der Waals surface area (Å²) in [6.07, 6.45) is 12.8. The molecule has 0 N–H and O–H groups in total. The summed E-state index contributed by atoms with van der Waals surface area (Å²) in [7, 11) is 0. The maximum Gasteiger partial charge on any atom is 0.134 e. The first-order valence-corrected chi connectivity index (χ1v) is 7.92. The Labute approximate surface area is 136 Å². The molecule has 0 spiro atoms. The van der Waals surface area contributed by atoms with Crippen LogP contribution in [0.3, 0.4) is 0 Å². The monoisotopic (exact) mass is 298 g/mol. The number of fused-ring (bicyclic) bond motifs is 1. The SMILES string of the molecule is Cc1ccc(-c2cc3ccccc3cc2C2C=CC=CC=C2)o1. The third-order valence-electron chi connectivity index (χ3n) is 4.25. The van der Waals surface area contributed by atoms with E-state index in [4.69, 9.17) is 4.42 Å². The molecule has 0 unspecified atom stereocenters. The van der Waals surface area contributed by atoms with E-state index in [1.54, 1.807) is 0 Å². The standard InChI is InChI=1S/C22H18O/c1-16-12-13-22(23-16)21-15-19-11-7-6-10-18(19)14-20(21)17-8-4-2-3-5-9-17/h2-15,17H,1H3. The molecular weight excluding hydrogens is 280 g/mol. The van der Waals surface area contributed by atoms with Gasteiger partial charge in [-0.1, -0.05) is 60.7 Å². The Hall–Kier alpha value is -2.80. The molecule has 1 aliphatic rings. The number of benzene rings is 2. The van der Waals surface area contributed by atoms with Gasteiger partial charge in [0.25, 0.3) is 0 Å². The van der Waals surface area contributed by atoms with Gasteiger partial charge in [0, 0.05) is 11.5 Å². The van der Waals surface area contributed by atoms with Crippen LogP contribution in [0.15, 0.2) is 89.4 Å². The van der Waals surface area contributed by atoms with Crippen molar-refractivity contribution in [3.63, 3.8) is 0 Å². The van der Waals surface area contributed by atoms with E-state index in [-0.39, 0.29) is 5.92 Å². The largest absolute Gasteiger partial charge is 0.461 e. The average molecular weight is 298 g/mol. The van der Waals surface area contributed by atoms with Crippen LogP contribution in [-0.4, -0.2) is 0 Å². The molecule has 3 aromatic rings. The third-order valence-corrected chi connectivity index (χ3v) is 4.25. The molecule has 23 heavy (non-hydrogen) atoms. The molecule has 0 bridgehead atoms. The van der Waals surface area contributed by atoms with E-state index in [0.717, 1.165) is 17.1 Å². The minimum atomic E-state index is 0.245. The molecule has 0 radical (unpaired) electrons. The van der Waals surface area contributed by atoms with Crippen molar-refractivity contribution in [1.29, 1.82) is 0 Å². The maximum absolute atomic E-state index is 5.92. The zero-order valence-corrected chi connectivity index (χ0v) is 13.1. The lowest BCUT2D eigenvalue weighted by Crippen LogP contribution is -1.95. The van der Waals surface area contributed by atoms with E-state index >= 15 is 0 Å². The Bertz CT molecular complexity index is 922. The fourth-order valence-electron chi connectivity index (χ4n) is 3.09. The number of furan rings is 1. The van der Waals surface area contributed by atoms with E-state index in [9.17, 15) is 0 Å². The van der Waals surface area contributed by atoms with Crippen LogP contribution in [0.25, 0.3) is 22.1 Å². The topological polar surface area (TPSA) is 13.1 Å². The predicted octanol–water partition coefficient (Wildman–Crippen LogP) is 6.17.